The van der Waals surface area contributed by atoms with Crippen LogP contribution in [-0.4, -0.2) is 18.3 Å². The molecule has 3 nitrogen and oxygen atoms in total. The minimum Gasteiger partial charge on any atom is -0.489 e. The molecule has 136 valence electrons. The fourth-order valence-electron chi connectivity index (χ4n) is 2.98. The number of aromatic nitrogens is 1. The molecule has 0 amide bonds. The van der Waals surface area contributed by atoms with Gasteiger partial charge in [0.25, 0.3) is 0 Å². The summed E-state index contributed by atoms with van der Waals surface area (Å²) in [7, 11) is 1.74. The second-order valence-corrected chi connectivity index (χ2v) is 7.66. The van der Waals surface area contributed by atoms with Crippen LogP contribution in [0.4, 0.5) is 0 Å². The Kier molecular flexibility index (Phi) is 6.35. The average Bonchev–Trinajstić information content (AvgIpc) is 3.24. The molecule has 26 heavy (non-hydrogen) atoms. The van der Waals surface area contributed by atoms with Crippen LogP contribution in [0.15, 0.2) is 65.0 Å². The Hall–Kier alpha value is -1.82. The van der Waals surface area contributed by atoms with Gasteiger partial charge in [-0.05, 0) is 48.1 Å². The Labute approximate surface area is 163 Å². The molecule has 0 bridgehead atoms. The first-order chi connectivity index (χ1) is 12.7. The SMILES string of the molecule is CCC(OC)(c1cccc(OCc2ccc(SC)cc2)c1)c1nccs1. The fourth-order valence-corrected chi connectivity index (χ4v) is 4.29. The van der Waals surface area contributed by atoms with Crippen molar-refractivity contribution >= 4 is 23.1 Å². The third kappa shape index (κ3) is 3.95. The second kappa shape index (κ2) is 8.71. The van der Waals surface area contributed by atoms with E-state index in [9.17, 15) is 0 Å². The van der Waals surface area contributed by atoms with E-state index in [1.54, 1.807) is 30.2 Å². The lowest BCUT2D eigenvalue weighted by Gasteiger charge is -2.30. The van der Waals surface area contributed by atoms with Crippen molar-refractivity contribution in [3.8, 4) is 5.75 Å². The number of benzene rings is 2. The van der Waals surface area contributed by atoms with Crippen molar-refractivity contribution in [2.45, 2.75) is 30.4 Å². The molecule has 0 fully saturated rings. The van der Waals surface area contributed by atoms with Gasteiger partial charge in [0.05, 0.1) is 0 Å². The molecule has 0 N–H and O–H groups in total. The molecule has 3 aromatic rings. The van der Waals surface area contributed by atoms with Crippen molar-refractivity contribution in [2.75, 3.05) is 13.4 Å². The van der Waals surface area contributed by atoms with Crippen LogP contribution in [-0.2, 0) is 16.9 Å². The summed E-state index contributed by atoms with van der Waals surface area (Å²) >= 11 is 3.36. The number of hydrogen-bond acceptors (Lipinski definition) is 5. The first-order valence-corrected chi connectivity index (χ1v) is 10.6. The van der Waals surface area contributed by atoms with Gasteiger partial charge in [0.15, 0.2) is 0 Å². The molecule has 1 atom stereocenters. The van der Waals surface area contributed by atoms with Crippen LogP contribution < -0.4 is 4.74 Å². The quantitative estimate of drug-likeness (QED) is 0.462. The maximum atomic E-state index is 6.03. The van der Waals surface area contributed by atoms with Gasteiger partial charge in [0.1, 0.15) is 23.0 Å². The van der Waals surface area contributed by atoms with Crippen LogP contribution in [0, 0.1) is 0 Å². The zero-order valence-electron chi connectivity index (χ0n) is 15.3. The highest BCUT2D eigenvalue weighted by Gasteiger charge is 2.35. The number of thioether (sulfide) groups is 1. The zero-order chi connectivity index (χ0) is 18.4. The largest absolute Gasteiger partial charge is 0.489 e. The van der Waals surface area contributed by atoms with E-state index in [0.29, 0.717) is 6.61 Å². The highest BCUT2D eigenvalue weighted by Crippen LogP contribution is 2.38. The van der Waals surface area contributed by atoms with Gasteiger partial charge in [-0.25, -0.2) is 4.98 Å². The molecule has 0 aliphatic rings. The van der Waals surface area contributed by atoms with E-state index in [4.69, 9.17) is 9.47 Å². The molecule has 0 radical (unpaired) electrons. The van der Waals surface area contributed by atoms with Gasteiger partial charge in [-0.3, -0.25) is 0 Å². The predicted molar refractivity (Wildman–Crippen MR) is 109 cm³/mol. The van der Waals surface area contributed by atoms with Gasteiger partial charge in [0, 0.05) is 23.6 Å². The summed E-state index contributed by atoms with van der Waals surface area (Å²) in [5.41, 5.74) is 1.68. The van der Waals surface area contributed by atoms with E-state index in [1.807, 2.05) is 23.7 Å². The molecule has 0 saturated heterocycles. The molecule has 1 unspecified atom stereocenters. The predicted octanol–water partition coefficient (Wildman–Crippen LogP) is 5.74. The van der Waals surface area contributed by atoms with Crippen molar-refractivity contribution < 1.29 is 9.47 Å². The third-order valence-corrected chi connectivity index (χ3v) is 6.15. The van der Waals surface area contributed by atoms with E-state index in [-0.39, 0.29) is 0 Å². The first kappa shape index (κ1) is 19.0. The van der Waals surface area contributed by atoms with Gasteiger partial charge in [0.2, 0.25) is 0 Å². The van der Waals surface area contributed by atoms with E-state index >= 15 is 0 Å². The Morgan fingerprint density at radius 3 is 2.58 bits per heavy atom. The summed E-state index contributed by atoms with van der Waals surface area (Å²) in [6.45, 7) is 2.66. The molecular weight excluding hydrogens is 362 g/mol. The highest BCUT2D eigenvalue weighted by atomic mass is 32.2. The Bertz CT molecular complexity index is 812. The van der Waals surface area contributed by atoms with Crippen LogP contribution in [0.25, 0.3) is 0 Å². The fraction of sp³-hybridized carbons (Fsp3) is 0.286. The number of methoxy groups -OCH3 is 1. The van der Waals surface area contributed by atoms with Crippen LogP contribution in [0.2, 0.25) is 0 Å². The van der Waals surface area contributed by atoms with Gasteiger partial charge in [-0.15, -0.1) is 23.1 Å². The van der Waals surface area contributed by atoms with Crippen molar-refractivity contribution in [1.29, 1.82) is 0 Å². The van der Waals surface area contributed by atoms with E-state index in [0.717, 1.165) is 28.3 Å². The second-order valence-electron chi connectivity index (χ2n) is 5.89. The molecule has 3 rings (SSSR count). The number of thiazole rings is 1. The number of hydrogen-bond donors (Lipinski definition) is 0. The minimum atomic E-state index is -0.534. The summed E-state index contributed by atoms with van der Waals surface area (Å²) in [4.78, 5) is 5.75. The van der Waals surface area contributed by atoms with Crippen molar-refractivity contribution in [2.24, 2.45) is 0 Å². The van der Waals surface area contributed by atoms with Gasteiger partial charge in [-0.2, -0.15) is 0 Å². The number of ether oxygens (including phenoxy) is 2. The monoisotopic (exact) mass is 385 g/mol. The molecule has 1 aromatic heterocycles. The normalized spacial score (nSPS) is 13.3. The summed E-state index contributed by atoms with van der Waals surface area (Å²) in [6, 6.07) is 16.6. The summed E-state index contributed by atoms with van der Waals surface area (Å²) < 4.78 is 12.0. The molecule has 5 heteroatoms. The van der Waals surface area contributed by atoms with Crippen LogP contribution >= 0.6 is 23.1 Å². The highest BCUT2D eigenvalue weighted by molar-refractivity contribution is 7.98. The Morgan fingerprint density at radius 2 is 1.96 bits per heavy atom. The number of nitrogens with zero attached hydrogens (tertiary/aromatic N) is 1. The third-order valence-electron chi connectivity index (χ3n) is 4.49. The molecule has 0 saturated carbocycles. The molecule has 2 aromatic carbocycles. The molecule has 0 spiro atoms. The van der Waals surface area contributed by atoms with Crippen molar-refractivity contribution in [1.82, 2.24) is 4.98 Å². The molecule has 0 aliphatic carbocycles. The number of rotatable bonds is 8. The van der Waals surface area contributed by atoms with Crippen LogP contribution in [0.5, 0.6) is 5.75 Å². The minimum absolute atomic E-state index is 0.534. The van der Waals surface area contributed by atoms with E-state index < -0.39 is 5.60 Å². The van der Waals surface area contributed by atoms with Crippen molar-refractivity contribution in [3.05, 3.63) is 76.2 Å². The Morgan fingerprint density at radius 1 is 1.15 bits per heavy atom. The van der Waals surface area contributed by atoms with Gasteiger partial charge in [-0.1, -0.05) is 31.2 Å². The standard InChI is InChI=1S/C21H23NO2S2/c1-4-21(23-2,20-22-12-13-26-20)17-6-5-7-18(14-17)24-15-16-8-10-19(25-3)11-9-16/h5-14H,4,15H2,1-3H3. The van der Waals surface area contributed by atoms with E-state index in [2.05, 4.69) is 54.6 Å². The Balaban J connectivity index is 1.80. The van der Waals surface area contributed by atoms with Gasteiger partial charge >= 0.3 is 0 Å². The lowest BCUT2D eigenvalue weighted by molar-refractivity contribution is 0.0182. The topological polar surface area (TPSA) is 31.4 Å². The van der Waals surface area contributed by atoms with Crippen LogP contribution in [0.3, 0.4) is 0 Å². The molecule has 0 aliphatic heterocycles. The summed E-state index contributed by atoms with van der Waals surface area (Å²) in [6.07, 6.45) is 4.70. The molecule has 1 heterocycles. The summed E-state index contributed by atoms with van der Waals surface area (Å²) in [5.74, 6) is 0.836. The van der Waals surface area contributed by atoms with Gasteiger partial charge < -0.3 is 9.47 Å². The van der Waals surface area contributed by atoms with Crippen LogP contribution in [0.1, 0.15) is 29.5 Å². The first-order valence-electron chi connectivity index (χ1n) is 8.53. The smallest absolute Gasteiger partial charge is 0.144 e. The maximum absolute atomic E-state index is 6.03. The summed E-state index contributed by atoms with van der Waals surface area (Å²) in [5, 5.41) is 2.95. The lowest BCUT2D eigenvalue weighted by Crippen LogP contribution is -2.29. The molecular formula is C21H23NO2S2. The zero-order valence-corrected chi connectivity index (χ0v) is 16.9. The lowest BCUT2D eigenvalue weighted by atomic mass is 9.91. The average molecular weight is 386 g/mol. The maximum Gasteiger partial charge on any atom is 0.144 e. The van der Waals surface area contributed by atoms with E-state index in [1.165, 1.54) is 4.90 Å². The van der Waals surface area contributed by atoms with Crippen molar-refractivity contribution in [3.63, 3.8) is 0 Å².